The summed E-state index contributed by atoms with van der Waals surface area (Å²) in [6.07, 6.45) is 3.37. The molecule has 0 saturated carbocycles. The number of sulfonamides is 1. The third-order valence-electron chi connectivity index (χ3n) is 2.23. The van der Waals surface area contributed by atoms with Gasteiger partial charge in [0.2, 0.25) is 10.0 Å². The summed E-state index contributed by atoms with van der Waals surface area (Å²) in [7, 11) is -3.52. The first-order valence-electron chi connectivity index (χ1n) is 5.75. The van der Waals surface area contributed by atoms with E-state index in [1.807, 2.05) is 6.92 Å². The minimum Gasteiger partial charge on any atom is -0.284 e. The van der Waals surface area contributed by atoms with Crippen LogP contribution in [-0.4, -0.2) is 29.7 Å². The molecule has 1 atom stereocenters. The fraction of sp³-hybridized carbons (Fsp3) is 0.636. The topological polar surface area (TPSA) is 81.2 Å². The van der Waals surface area contributed by atoms with Crippen molar-refractivity contribution in [1.29, 1.82) is 0 Å². The monoisotopic (exact) mass is 273 g/mol. The van der Waals surface area contributed by atoms with Crippen molar-refractivity contribution in [2.45, 2.75) is 45.5 Å². The van der Waals surface area contributed by atoms with E-state index in [0.717, 1.165) is 5.56 Å². The number of hydrogen-bond donors (Lipinski definition) is 1. The quantitative estimate of drug-likeness (QED) is 0.781. The van der Waals surface area contributed by atoms with E-state index in [9.17, 15) is 8.42 Å². The lowest BCUT2D eigenvalue weighted by atomic mass is 10.3. The van der Waals surface area contributed by atoms with E-state index in [0.29, 0.717) is 5.82 Å². The highest BCUT2D eigenvalue weighted by Gasteiger charge is 2.22. The molecule has 1 heterocycles. The molecule has 0 saturated heterocycles. The molecule has 0 aliphatic heterocycles. The van der Waals surface area contributed by atoms with Gasteiger partial charge in [0.05, 0.1) is 11.4 Å². The molecule has 1 aromatic heterocycles. The second-order valence-electron chi connectivity index (χ2n) is 4.49. The summed E-state index contributed by atoms with van der Waals surface area (Å²) in [5.74, 6) is 0.503. The number of rotatable bonds is 6. The Bertz CT molecular complexity index is 471. The third-order valence-corrected chi connectivity index (χ3v) is 3.79. The zero-order valence-corrected chi connectivity index (χ0v) is 11.9. The van der Waals surface area contributed by atoms with Crippen molar-refractivity contribution in [2.24, 2.45) is 0 Å². The van der Waals surface area contributed by atoms with E-state index in [1.165, 1.54) is 0 Å². The highest BCUT2D eigenvalue weighted by molar-refractivity contribution is 7.89. The number of nitrogens with zero attached hydrogens (tertiary/aromatic N) is 2. The van der Waals surface area contributed by atoms with E-state index in [4.69, 9.17) is 4.84 Å². The normalized spacial score (nSPS) is 13.8. The smallest absolute Gasteiger partial charge is 0.236 e. The van der Waals surface area contributed by atoms with Crippen LogP contribution in [0.5, 0.6) is 0 Å². The first-order chi connectivity index (χ1) is 8.31. The molecule has 0 radical (unpaired) electrons. The highest BCUT2D eigenvalue weighted by atomic mass is 32.2. The maximum atomic E-state index is 11.8. The maximum absolute atomic E-state index is 11.8. The summed E-state index contributed by atoms with van der Waals surface area (Å²) in [6.45, 7) is 6.96. The van der Waals surface area contributed by atoms with E-state index in [-0.39, 0.29) is 12.5 Å². The van der Waals surface area contributed by atoms with Crippen molar-refractivity contribution in [3.8, 4) is 0 Å². The van der Waals surface area contributed by atoms with Crippen molar-refractivity contribution < 1.29 is 13.3 Å². The average Bonchev–Trinajstić information content (AvgIpc) is 2.29. The average molecular weight is 273 g/mol. The molecule has 1 rings (SSSR count). The zero-order valence-electron chi connectivity index (χ0n) is 11.0. The van der Waals surface area contributed by atoms with Gasteiger partial charge in [-0.2, -0.15) is 0 Å². The molecule has 1 aromatic rings. The standard InChI is InChI=1S/C11H19N3O3S/c1-8(2)17-14-18(15,16)10(4)5-11-12-6-9(3)7-13-11/h6-8,10,14H,5H2,1-4H3/t10-/m0/s1. The van der Waals surface area contributed by atoms with Crippen LogP contribution in [0, 0.1) is 6.92 Å². The summed E-state index contributed by atoms with van der Waals surface area (Å²) < 4.78 is 23.6. The van der Waals surface area contributed by atoms with Gasteiger partial charge in [0, 0.05) is 18.8 Å². The van der Waals surface area contributed by atoms with Crippen molar-refractivity contribution in [3.63, 3.8) is 0 Å². The largest absolute Gasteiger partial charge is 0.284 e. The molecular weight excluding hydrogens is 254 g/mol. The third kappa shape index (κ3) is 4.67. The van der Waals surface area contributed by atoms with Gasteiger partial charge in [-0.1, -0.05) is 4.89 Å². The summed E-state index contributed by atoms with van der Waals surface area (Å²) in [5, 5.41) is -0.654. The second kappa shape index (κ2) is 6.21. The molecule has 102 valence electrons. The van der Waals surface area contributed by atoms with E-state index >= 15 is 0 Å². The van der Waals surface area contributed by atoms with Crippen molar-refractivity contribution in [1.82, 2.24) is 14.9 Å². The van der Waals surface area contributed by atoms with Crippen LogP contribution in [0.2, 0.25) is 0 Å². The number of aromatic nitrogens is 2. The molecule has 0 aliphatic carbocycles. The summed E-state index contributed by atoms with van der Waals surface area (Å²) >= 11 is 0. The first kappa shape index (κ1) is 15.0. The minimum absolute atomic E-state index is 0.206. The van der Waals surface area contributed by atoms with Gasteiger partial charge in [0.25, 0.3) is 0 Å². The highest BCUT2D eigenvalue weighted by Crippen LogP contribution is 2.06. The molecule has 0 aliphatic rings. The van der Waals surface area contributed by atoms with E-state index < -0.39 is 15.3 Å². The fourth-order valence-corrected chi connectivity index (χ4v) is 2.00. The predicted octanol–water partition coefficient (Wildman–Crippen LogP) is 0.975. The number of aryl methyl sites for hydroxylation is 1. The summed E-state index contributed by atoms with van der Waals surface area (Å²) in [4.78, 5) is 15.2. The molecule has 0 fully saturated rings. The Hall–Kier alpha value is -1.05. The molecule has 1 N–H and O–H groups in total. The van der Waals surface area contributed by atoms with Crippen LogP contribution in [0.25, 0.3) is 0 Å². The molecule has 0 unspecified atom stereocenters. The molecular formula is C11H19N3O3S. The second-order valence-corrected chi connectivity index (χ2v) is 6.55. The maximum Gasteiger partial charge on any atom is 0.236 e. The zero-order chi connectivity index (χ0) is 13.8. The van der Waals surface area contributed by atoms with Gasteiger partial charge in [-0.15, -0.1) is 0 Å². The molecule has 0 amide bonds. The molecule has 0 bridgehead atoms. The van der Waals surface area contributed by atoms with Crippen molar-refractivity contribution in [3.05, 3.63) is 23.8 Å². The van der Waals surface area contributed by atoms with Crippen LogP contribution >= 0.6 is 0 Å². The SMILES string of the molecule is Cc1cnc(C[C@H](C)S(=O)(=O)NOC(C)C)nc1. The Balaban J connectivity index is 2.64. The van der Waals surface area contributed by atoms with Crippen LogP contribution in [0.4, 0.5) is 0 Å². The molecule has 6 nitrogen and oxygen atoms in total. The Kier molecular flexibility index (Phi) is 5.18. The Morgan fingerprint density at radius 2 is 1.83 bits per heavy atom. The molecule has 0 aromatic carbocycles. The minimum atomic E-state index is -3.52. The number of hydrogen-bond acceptors (Lipinski definition) is 5. The van der Waals surface area contributed by atoms with Crippen molar-refractivity contribution >= 4 is 10.0 Å². The van der Waals surface area contributed by atoms with Crippen LogP contribution in [0.3, 0.4) is 0 Å². The van der Waals surface area contributed by atoms with E-state index in [2.05, 4.69) is 14.9 Å². The van der Waals surface area contributed by atoms with Crippen LogP contribution in [0.1, 0.15) is 32.2 Å². The molecule has 7 heteroatoms. The van der Waals surface area contributed by atoms with E-state index in [1.54, 1.807) is 33.2 Å². The van der Waals surface area contributed by atoms with Gasteiger partial charge in [-0.3, -0.25) is 4.84 Å². The van der Waals surface area contributed by atoms with Gasteiger partial charge < -0.3 is 0 Å². The first-order valence-corrected chi connectivity index (χ1v) is 7.29. The Morgan fingerprint density at radius 3 is 2.33 bits per heavy atom. The van der Waals surface area contributed by atoms with Gasteiger partial charge in [0.15, 0.2) is 0 Å². The molecule has 0 spiro atoms. The Labute approximate surface area is 108 Å². The number of nitrogens with one attached hydrogen (secondary N) is 1. The van der Waals surface area contributed by atoms with Crippen molar-refractivity contribution in [2.75, 3.05) is 0 Å². The predicted molar refractivity (Wildman–Crippen MR) is 68.2 cm³/mol. The lowest BCUT2D eigenvalue weighted by Gasteiger charge is -2.14. The van der Waals surface area contributed by atoms with Crippen LogP contribution < -0.4 is 4.89 Å². The Morgan fingerprint density at radius 1 is 1.28 bits per heavy atom. The lowest BCUT2D eigenvalue weighted by Crippen LogP contribution is -2.35. The van der Waals surface area contributed by atoms with Crippen LogP contribution in [0.15, 0.2) is 12.4 Å². The van der Waals surface area contributed by atoms with Crippen LogP contribution in [-0.2, 0) is 21.3 Å². The van der Waals surface area contributed by atoms with Gasteiger partial charge >= 0.3 is 0 Å². The van der Waals surface area contributed by atoms with Gasteiger partial charge in [0.1, 0.15) is 5.82 Å². The summed E-state index contributed by atoms with van der Waals surface area (Å²) in [5.41, 5.74) is 0.940. The fourth-order valence-electron chi connectivity index (χ4n) is 1.14. The van der Waals surface area contributed by atoms with Gasteiger partial charge in [-0.25, -0.2) is 18.4 Å². The van der Waals surface area contributed by atoms with Gasteiger partial charge in [-0.05, 0) is 33.3 Å². The summed E-state index contributed by atoms with van der Waals surface area (Å²) in [6, 6.07) is 0. The molecule has 18 heavy (non-hydrogen) atoms. The lowest BCUT2D eigenvalue weighted by molar-refractivity contribution is 0.0404.